The molecule has 0 fully saturated rings. The molecule has 0 aromatic carbocycles. The first-order chi connectivity index (χ1) is 36.5. The quantitative estimate of drug-likeness (QED) is 0.0199. The van der Waals surface area contributed by atoms with E-state index in [0.29, 0.717) is 19.3 Å². The fraction of sp³-hybridized carbons (Fsp3) is 0.574. The van der Waals surface area contributed by atoms with Gasteiger partial charge in [0, 0.05) is 19.3 Å². The van der Waals surface area contributed by atoms with Crippen LogP contribution in [0.4, 0.5) is 0 Å². The number of unbranched alkanes of at least 4 members (excludes halogenated alkanes) is 20. The molecule has 0 bridgehead atoms. The van der Waals surface area contributed by atoms with Gasteiger partial charge in [0.25, 0.3) is 0 Å². The van der Waals surface area contributed by atoms with Crippen molar-refractivity contribution in [1.82, 2.24) is 0 Å². The highest BCUT2D eigenvalue weighted by Crippen LogP contribution is 2.14. The molecule has 0 saturated carbocycles. The van der Waals surface area contributed by atoms with Gasteiger partial charge in [0.1, 0.15) is 13.2 Å². The maximum Gasteiger partial charge on any atom is 0.306 e. The second kappa shape index (κ2) is 60.6. The standard InChI is InChI=1S/C68H106O6/c1-4-7-10-13-16-19-22-25-28-31-34-37-40-43-46-49-52-55-58-61-67(70)73-64-65(63-72-66(69)60-57-54-51-48-45-42-39-36-33-30-27-24-21-18-15-12-9-6-3)74-68(71)62-59-56-53-50-47-44-41-38-35-32-29-26-23-20-17-14-11-8-5-2/h7-8,10-11,13,16-17,19-20,22,25-26,28-29,31,34-40,43-44,46-47,65H,4-6,9,12,14-15,18,21,23-24,27,30,32-33,41-42,45,48-64H2,1-3H3/b10-7-,11-8-,16-13-,20-17-,22-19-,28-25-,29-26-,34-31+,38-35-,39-36-,40-37-,46-43-,47-44-. The van der Waals surface area contributed by atoms with E-state index in [1.807, 2.05) is 72.9 Å². The number of hydrogen-bond acceptors (Lipinski definition) is 6. The van der Waals surface area contributed by atoms with Gasteiger partial charge in [-0.05, 0) is 109 Å². The Hall–Kier alpha value is -4.97. The van der Waals surface area contributed by atoms with Gasteiger partial charge in [0.2, 0.25) is 0 Å². The van der Waals surface area contributed by atoms with Crippen LogP contribution in [-0.2, 0) is 28.6 Å². The first-order valence-electron chi connectivity index (χ1n) is 29.6. The summed E-state index contributed by atoms with van der Waals surface area (Å²) in [5, 5.41) is 0. The fourth-order valence-electron chi connectivity index (χ4n) is 7.56. The molecule has 0 spiro atoms. The fourth-order valence-corrected chi connectivity index (χ4v) is 7.56. The average Bonchev–Trinajstić information content (AvgIpc) is 3.40. The van der Waals surface area contributed by atoms with Crippen LogP contribution in [0.15, 0.2) is 158 Å². The molecule has 0 aliphatic rings. The molecular formula is C68H106O6. The molecule has 6 heteroatoms. The predicted molar refractivity (Wildman–Crippen MR) is 320 cm³/mol. The lowest BCUT2D eigenvalue weighted by Gasteiger charge is -2.18. The number of carbonyl (C=O) groups excluding carboxylic acids is 3. The van der Waals surface area contributed by atoms with E-state index in [9.17, 15) is 14.4 Å². The molecule has 0 rings (SSSR count). The highest BCUT2D eigenvalue weighted by Gasteiger charge is 2.19. The van der Waals surface area contributed by atoms with Crippen molar-refractivity contribution < 1.29 is 28.6 Å². The van der Waals surface area contributed by atoms with Crippen LogP contribution >= 0.6 is 0 Å². The van der Waals surface area contributed by atoms with Crippen LogP contribution in [0.2, 0.25) is 0 Å². The van der Waals surface area contributed by atoms with Crippen molar-refractivity contribution >= 4 is 17.9 Å². The summed E-state index contributed by atoms with van der Waals surface area (Å²) in [6.45, 7) is 6.30. The minimum Gasteiger partial charge on any atom is -0.462 e. The molecule has 414 valence electrons. The van der Waals surface area contributed by atoms with Crippen molar-refractivity contribution in [3.63, 3.8) is 0 Å². The molecule has 0 aromatic rings. The van der Waals surface area contributed by atoms with Crippen LogP contribution in [0, 0.1) is 0 Å². The van der Waals surface area contributed by atoms with E-state index in [1.54, 1.807) is 0 Å². The summed E-state index contributed by atoms with van der Waals surface area (Å²) in [6, 6.07) is 0. The Morgan fingerprint density at radius 1 is 0.297 bits per heavy atom. The van der Waals surface area contributed by atoms with Gasteiger partial charge in [-0.15, -0.1) is 0 Å². The minimum atomic E-state index is -0.827. The van der Waals surface area contributed by atoms with Crippen LogP contribution in [0.3, 0.4) is 0 Å². The van der Waals surface area contributed by atoms with Gasteiger partial charge in [-0.25, -0.2) is 0 Å². The number of hydrogen-bond donors (Lipinski definition) is 0. The summed E-state index contributed by atoms with van der Waals surface area (Å²) in [7, 11) is 0. The number of carbonyl (C=O) groups is 3. The van der Waals surface area contributed by atoms with Crippen LogP contribution in [-0.4, -0.2) is 37.2 Å². The molecule has 74 heavy (non-hydrogen) atoms. The largest absolute Gasteiger partial charge is 0.462 e. The van der Waals surface area contributed by atoms with E-state index in [2.05, 4.69) is 106 Å². The maximum atomic E-state index is 12.9. The van der Waals surface area contributed by atoms with Gasteiger partial charge in [0.15, 0.2) is 6.10 Å². The van der Waals surface area contributed by atoms with Crippen molar-refractivity contribution in [2.24, 2.45) is 0 Å². The minimum absolute atomic E-state index is 0.118. The van der Waals surface area contributed by atoms with Gasteiger partial charge in [0.05, 0.1) is 0 Å². The summed E-state index contributed by atoms with van der Waals surface area (Å²) in [5.41, 5.74) is 0. The van der Waals surface area contributed by atoms with Crippen LogP contribution < -0.4 is 0 Å². The zero-order valence-electron chi connectivity index (χ0n) is 47.3. The molecule has 6 nitrogen and oxygen atoms in total. The summed E-state index contributed by atoms with van der Waals surface area (Å²) >= 11 is 0. The Morgan fingerprint density at radius 2 is 0.595 bits per heavy atom. The normalized spacial score (nSPS) is 13.3. The van der Waals surface area contributed by atoms with Gasteiger partial charge >= 0.3 is 17.9 Å². The monoisotopic (exact) mass is 1020 g/mol. The number of rotatable bonds is 51. The smallest absolute Gasteiger partial charge is 0.306 e. The van der Waals surface area contributed by atoms with Crippen LogP contribution in [0.25, 0.3) is 0 Å². The first kappa shape index (κ1) is 69.0. The van der Waals surface area contributed by atoms with E-state index in [1.165, 1.54) is 70.6 Å². The van der Waals surface area contributed by atoms with E-state index >= 15 is 0 Å². The van der Waals surface area contributed by atoms with Crippen LogP contribution in [0.1, 0.15) is 233 Å². The number of allylic oxidation sites excluding steroid dienone is 26. The van der Waals surface area contributed by atoms with Gasteiger partial charge in [-0.2, -0.15) is 0 Å². The molecule has 0 aliphatic carbocycles. The van der Waals surface area contributed by atoms with E-state index in [-0.39, 0.29) is 44.0 Å². The molecular weight excluding hydrogens is 913 g/mol. The summed E-state index contributed by atoms with van der Waals surface area (Å²) in [5.74, 6) is -1.01. The summed E-state index contributed by atoms with van der Waals surface area (Å²) in [4.78, 5) is 38.2. The highest BCUT2D eigenvalue weighted by atomic mass is 16.6. The third-order valence-corrected chi connectivity index (χ3v) is 11.9. The highest BCUT2D eigenvalue weighted by molar-refractivity contribution is 5.71. The van der Waals surface area contributed by atoms with Crippen molar-refractivity contribution in [1.29, 1.82) is 0 Å². The summed E-state index contributed by atoms with van der Waals surface area (Å²) in [6.07, 6.45) is 88.0. The second-order valence-corrected chi connectivity index (χ2v) is 19.0. The molecule has 0 aliphatic heterocycles. The van der Waals surface area contributed by atoms with E-state index < -0.39 is 6.10 Å². The molecule has 0 radical (unpaired) electrons. The van der Waals surface area contributed by atoms with Crippen molar-refractivity contribution in [2.45, 2.75) is 239 Å². The number of esters is 3. The molecule has 0 saturated heterocycles. The van der Waals surface area contributed by atoms with E-state index in [4.69, 9.17) is 14.2 Å². The Bertz CT molecular complexity index is 1690. The summed E-state index contributed by atoms with van der Waals surface area (Å²) < 4.78 is 16.8. The second-order valence-electron chi connectivity index (χ2n) is 19.0. The average molecular weight is 1020 g/mol. The lowest BCUT2D eigenvalue weighted by Crippen LogP contribution is -2.30. The number of ether oxygens (including phenoxy) is 3. The van der Waals surface area contributed by atoms with Gasteiger partial charge in [-0.3, -0.25) is 14.4 Å². The topological polar surface area (TPSA) is 78.9 Å². The lowest BCUT2D eigenvalue weighted by atomic mass is 10.1. The Balaban J connectivity index is 4.60. The first-order valence-corrected chi connectivity index (χ1v) is 29.6. The maximum absolute atomic E-state index is 12.9. The Labute approximate surface area is 454 Å². The van der Waals surface area contributed by atoms with Gasteiger partial charge in [-0.1, -0.05) is 262 Å². The van der Waals surface area contributed by atoms with E-state index in [0.717, 1.165) is 109 Å². The Morgan fingerprint density at radius 3 is 1.01 bits per heavy atom. The SMILES string of the molecule is CC\C=C/C=C\C=C/C=C\C=C\C=C/C=C\CCCCCC(=O)OCC(COC(=O)CCCCCCC/C=C\CCCCCCCCCCC)OC(=O)CCCCC/C=C\C/C=C\C/C=C\C/C=C\C/C=C\CC. The molecule has 1 unspecified atom stereocenters. The van der Waals surface area contributed by atoms with Crippen molar-refractivity contribution in [3.05, 3.63) is 158 Å². The zero-order chi connectivity index (χ0) is 53.6. The molecule has 0 aromatic heterocycles. The third kappa shape index (κ3) is 57.9. The lowest BCUT2D eigenvalue weighted by molar-refractivity contribution is -0.167. The van der Waals surface area contributed by atoms with Crippen molar-refractivity contribution in [3.8, 4) is 0 Å². The Kier molecular flexibility index (Phi) is 56.5. The van der Waals surface area contributed by atoms with Crippen LogP contribution in [0.5, 0.6) is 0 Å². The molecule has 0 heterocycles. The predicted octanol–water partition coefficient (Wildman–Crippen LogP) is 20.1. The molecule has 1 atom stereocenters. The zero-order valence-corrected chi connectivity index (χ0v) is 47.3. The molecule has 0 N–H and O–H groups in total. The van der Waals surface area contributed by atoms with Gasteiger partial charge < -0.3 is 14.2 Å². The molecule has 0 amide bonds. The van der Waals surface area contributed by atoms with Crippen molar-refractivity contribution in [2.75, 3.05) is 13.2 Å². The third-order valence-electron chi connectivity index (χ3n) is 11.9.